The first kappa shape index (κ1) is 13.9. The number of hydrogen-bond donors (Lipinski definition) is 0. The van der Waals surface area contributed by atoms with Crippen LogP contribution in [0, 0.1) is 0 Å². The number of rotatable bonds is 1. The van der Waals surface area contributed by atoms with Gasteiger partial charge in [0, 0.05) is 10.5 Å². The molecular formula is C16H9F3OS. The van der Waals surface area contributed by atoms with Crippen LogP contribution in [0.4, 0.5) is 13.2 Å². The molecule has 0 saturated carbocycles. The molecule has 0 radical (unpaired) electrons. The molecule has 2 aromatic carbocycles. The Morgan fingerprint density at radius 3 is 2.24 bits per heavy atom. The van der Waals surface area contributed by atoms with Gasteiger partial charge in [-0.1, -0.05) is 36.0 Å². The minimum Gasteiger partial charge on any atom is -0.288 e. The average molecular weight is 306 g/mol. The number of ketones is 1. The summed E-state index contributed by atoms with van der Waals surface area (Å²) in [6.07, 6.45) is -2.73. The Hall–Kier alpha value is -2.01. The first-order chi connectivity index (χ1) is 9.95. The first-order valence-electron chi connectivity index (χ1n) is 6.16. The molecular weight excluding hydrogens is 297 g/mol. The minimum atomic E-state index is -4.35. The summed E-state index contributed by atoms with van der Waals surface area (Å²) in [6, 6.07) is 12.0. The lowest BCUT2D eigenvalue weighted by Gasteiger charge is -2.06. The molecule has 1 aliphatic rings. The molecule has 0 atom stereocenters. The SMILES string of the molecule is O=C1/C(=C/c2ccc(C(F)(F)F)cc2)Sc2ccccc21. The molecule has 0 bridgehead atoms. The molecule has 3 rings (SSSR count). The van der Waals surface area contributed by atoms with Crippen LogP contribution in [0.5, 0.6) is 0 Å². The molecule has 5 heteroatoms. The highest BCUT2D eigenvalue weighted by atomic mass is 32.2. The van der Waals surface area contributed by atoms with Gasteiger partial charge in [0.25, 0.3) is 0 Å². The van der Waals surface area contributed by atoms with Crippen LogP contribution in [0.3, 0.4) is 0 Å². The van der Waals surface area contributed by atoms with Crippen molar-refractivity contribution in [2.45, 2.75) is 11.1 Å². The quantitative estimate of drug-likeness (QED) is 0.687. The van der Waals surface area contributed by atoms with Crippen molar-refractivity contribution in [1.82, 2.24) is 0 Å². The van der Waals surface area contributed by atoms with Crippen molar-refractivity contribution >= 4 is 23.6 Å². The molecule has 0 aromatic heterocycles. The summed E-state index contributed by atoms with van der Waals surface area (Å²) < 4.78 is 37.5. The molecule has 0 fully saturated rings. The maximum atomic E-state index is 12.5. The van der Waals surface area contributed by atoms with Crippen LogP contribution >= 0.6 is 11.8 Å². The first-order valence-corrected chi connectivity index (χ1v) is 6.97. The fraction of sp³-hybridized carbons (Fsp3) is 0.0625. The molecule has 0 aliphatic carbocycles. The lowest BCUT2D eigenvalue weighted by molar-refractivity contribution is -0.137. The summed E-state index contributed by atoms with van der Waals surface area (Å²) in [5, 5.41) is 0. The molecule has 1 nitrogen and oxygen atoms in total. The number of Topliss-reactive ketones (excluding diaryl/α,β-unsaturated/α-hetero) is 1. The molecule has 1 aliphatic heterocycles. The van der Waals surface area contributed by atoms with Gasteiger partial charge in [-0.25, -0.2) is 0 Å². The second kappa shape index (κ2) is 5.07. The second-order valence-corrected chi connectivity index (χ2v) is 5.64. The second-order valence-electron chi connectivity index (χ2n) is 4.56. The van der Waals surface area contributed by atoms with Crippen molar-refractivity contribution in [3.05, 3.63) is 70.1 Å². The smallest absolute Gasteiger partial charge is 0.288 e. The van der Waals surface area contributed by atoms with Crippen LogP contribution in [-0.4, -0.2) is 5.78 Å². The maximum absolute atomic E-state index is 12.5. The van der Waals surface area contributed by atoms with E-state index in [-0.39, 0.29) is 5.78 Å². The largest absolute Gasteiger partial charge is 0.416 e. The monoisotopic (exact) mass is 306 g/mol. The van der Waals surface area contributed by atoms with Gasteiger partial charge in [-0.3, -0.25) is 4.79 Å². The van der Waals surface area contributed by atoms with E-state index in [1.807, 2.05) is 12.1 Å². The van der Waals surface area contributed by atoms with Crippen molar-refractivity contribution in [2.75, 3.05) is 0 Å². The molecule has 0 amide bonds. The third kappa shape index (κ3) is 2.74. The van der Waals surface area contributed by atoms with E-state index in [4.69, 9.17) is 0 Å². The maximum Gasteiger partial charge on any atom is 0.416 e. The molecule has 21 heavy (non-hydrogen) atoms. The van der Waals surface area contributed by atoms with E-state index in [0.29, 0.717) is 16.0 Å². The Balaban J connectivity index is 1.89. The highest BCUT2D eigenvalue weighted by Crippen LogP contribution is 2.40. The number of fused-ring (bicyclic) bond motifs is 1. The van der Waals surface area contributed by atoms with Crippen LogP contribution in [0.15, 0.2) is 58.3 Å². The van der Waals surface area contributed by atoms with Crippen molar-refractivity contribution < 1.29 is 18.0 Å². The normalized spacial score (nSPS) is 16.3. The van der Waals surface area contributed by atoms with Gasteiger partial charge in [-0.15, -0.1) is 0 Å². The number of allylic oxidation sites excluding steroid dienone is 1. The van der Waals surface area contributed by atoms with Gasteiger partial charge >= 0.3 is 6.18 Å². The van der Waals surface area contributed by atoms with Crippen molar-refractivity contribution in [3.63, 3.8) is 0 Å². The van der Waals surface area contributed by atoms with Crippen LogP contribution in [0.25, 0.3) is 6.08 Å². The van der Waals surface area contributed by atoms with Crippen molar-refractivity contribution in [2.24, 2.45) is 0 Å². The summed E-state index contributed by atoms with van der Waals surface area (Å²) >= 11 is 1.34. The van der Waals surface area contributed by atoms with Gasteiger partial charge in [-0.05, 0) is 35.9 Å². The summed E-state index contributed by atoms with van der Waals surface area (Å²) in [4.78, 5) is 13.6. The van der Waals surface area contributed by atoms with Gasteiger partial charge in [0.2, 0.25) is 5.78 Å². The summed E-state index contributed by atoms with van der Waals surface area (Å²) in [5.41, 5.74) is 0.519. The number of carbonyl (C=O) groups excluding carboxylic acids is 1. The van der Waals surface area contributed by atoms with E-state index in [9.17, 15) is 18.0 Å². The van der Waals surface area contributed by atoms with E-state index in [1.54, 1.807) is 18.2 Å². The summed E-state index contributed by atoms with van der Waals surface area (Å²) in [7, 11) is 0. The van der Waals surface area contributed by atoms with E-state index < -0.39 is 11.7 Å². The van der Waals surface area contributed by atoms with Gasteiger partial charge in [0.05, 0.1) is 10.5 Å². The highest BCUT2D eigenvalue weighted by molar-refractivity contribution is 8.04. The molecule has 0 N–H and O–H groups in total. The fourth-order valence-corrected chi connectivity index (χ4v) is 3.11. The minimum absolute atomic E-state index is 0.0875. The topological polar surface area (TPSA) is 17.1 Å². The molecule has 0 unspecified atom stereocenters. The third-order valence-corrected chi connectivity index (χ3v) is 4.21. The van der Waals surface area contributed by atoms with Crippen molar-refractivity contribution in [3.8, 4) is 0 Å². The Morgan fingerprint density at radius 1 is 0.952 bits per heavy atom. The Bertz CT molecular complexity index is 730. The lowest BCUT2D eigenvalue weighted by Crippen LogP contribution is -2.04. The average Bonchev–Trinajstić information content (AvgIpc) is 2.76. The van der Waals surface area contributed by atoms with E-state index in [0.717, 1.165) is 17.0 Å². The number of hydrogen-bond acceptors (Lipinski definition) is 2. The standard InChI is InChI=1S/C16H9F3OS/c17-16(18,19)11-7-5-10(6-8-11)9-14-15(20)12-3-1-2-4-13(12)21-14/h1-9H/b14-9-. The zero-order chi connectivity index (χ0) is 15.0. The van der Waals surface area contributed by atoms with Crippen LogP contribution in [0.1, 0.15) is 21.5 Å². The number of alkyl halides is 3. The van der Waals surface area contributed by atoms with Gasteiger partial charge in [0.1, 0.15) is 0 Å². The summed E-state index contributed by atoms with van der Waals surface area (Å²) in [5.74, 6) is -0.0875. The van der Waals surface area contributed by atoms with Gasteiger partial charge < -0.3 is 0 Å². The number of benzene rings is 2. The van der Waals surface area contributed by atoms with E-state index in [1.165, 1.54) is 23.9 Å². The predicted molar refractivity (Wildman–Crippen MR) is 76.1 cm³/mol. The lowest BCUT2D eigenvalue weighted by atomic mass is 10.1. The fourth-order valence-electron chi connectivity index (χ4n) is 2.06. The van der Waals surface area contributed by atoms with Crippen LogP contribution < -0.4 is 0 Å². The molecule has 106 valence electrons. The highest BCUT2D eigenvalue weighted by Gasteiger charge is 2.30. The van der Waals surface area contributed by atoms with E-state index in [2.05, 4.69) is 0 Å². The molecule has 0 saturated heterocycles. The Labute approximate surface area is 123 Å². The predicted octanol–water partition coefficient (Wildman–Crippen LogP) is 5.03. The molecule has 2 aromatic rings. The summed E-state index contributed by atoms with van der Waals surface area (Å²) in [6.45, 7) is 0. The number of halogens is 3. The van der Waals surface area contributed by atoms with Crippen LogP contribution in [-0.2, 0) is 6.18 Å². The third-order valence-electron chi connectivity index (χ3n) is 3.11. The Kier molecular flexibility index (Phi) is 3.37. The van der Waals surface area contributed by atoms with Gasteiger partial charge in [0.15, 0.2) is 0 Å². The zero-order valence-corrected chi connectivity index (χ0v) is 11.5. The van der Waals surface area contributed by atoms with Crippen LogP contribution in [0.2, 0.25) is 0 Å². The molecule has 1 heterocycles. The number of thioether (sulfide) groups is 1. The Morgan fingerprint density at radius 2 is 1.62 bits per heavy atom. The van der Waals surface area contributed by atoms with Gasteiger partial charge in [-0.2, -0.15) is 13.2 Å². The zero-order valence-electron chi connectivity index (χ0n) is 10.6. The van der Waals surface area contributed by atoms with Crippen molar-refractivity contribution in [1.29, 1.82) is 0 Å². The van der Waals surface area contributed by atoms with E-state index >= 15 is 0 Å². The number of carbonyl (C=O) groups is 1. The molecule has 0 spiro atoms.